The minimum absolute atomic E-state index is 0.667. The van der Waals surface area contributed by atoms with Crippen LogP contribution in [0.4, 0.5) is 5.69 Å². The van der Waals surface area contributed by atoms with Crippen LogP contribution in [0.1, 0.15) is 38.7 Å². The molecule has 0 aliphatic carbocycles. The molecule has 1 nitrogen and oxygen atoms in total. The quantitative estimate of drug-likeness (QED) is 0.703. The Balaban J connectivity index is 2.86. The van der Waals surface area contributed by atoms with Crippen LogP contribution in [0.3, 0.4) is 0 Å². The molecule has 72 valence electrons. The summed E-state index contributed by atoms with van der Waals surface area (Å²) < 4.78 is 0. The van der Waals surface area contributed by atoms with E-state index in [0.717, 1.165) is 5.69 Å². The summed E-state index contributed by atoms with van der Waals surface area (Å²) in [6, 6.07) is 8.26. The van der Waals surface area contributed by atoms with E-state index in [-0.39, 0.29) is 0 Å². The highest BCUT2D eigenvalue weighted by Gasteiger charge is 2.12. The summed E-state index contributed by atoms with van der Waals surface area (Å²) in [4.78, 5) is 0. The van der Waals surface area contributed by atoms with Gasteiger partial charge in [0.2, 0.25) is 0 Å². The molecule has 0 amide bonds. The molecule has 0 spiro atoms. The summed E-state index contributed by atoms with van der Waals surface area (Å²) in [6.07, 6.45) is 1.20. The third kappa shape index (κ3) is 2.48. The Morgan fingerprint density at radius 2 is 1.69 bits per heavy atom. The average Bonchev–Trinajstić information content (AvgIpc) is 2.09. The standard InChI is InChI=1S/C12H19N/c1-4-12(9(2)3)10-5-7-11(13)8-6-10/h5-9,12H,4,13H2,1-3H3/t12-/m1/s1. The highest BCUT2D eigenvalue weighted by atomic mass is 14.5. The molecule has 0 saturated carbocycles. The van der Waals surface area contributed by atoms with E-state index in [4.69, 9.17) is 5.73 Å². The maximum atomic E-state index is 5.64. The predicted octanol–water partition coefficient (Wildman–Crippen LogP) is 3.42. The van der Waals surface area contributed by atoms with Crippen LogP contribution in [0, 0.1) is 5.92 Å². The lowest BCUT2D eigenvalue weighted by Crippen LogP contribution is -2.05. The first-order chi connectivity index (χ1) is 6.15. The van der Waals surface area contributed by atoms with Crippen LogP contribution in [-0.2, 0) is 0 Å². The predicted molar refractivity (Wildman–Crippen MR) is 58.7 cm³/mol. The van der Waals surface area contributed by atoms with E-state index in [0.29, 0.717) is 11.8 Å². The van der Waals surface area contributed by atoms with Gasteiger partial charge >= 0.3 is 0 Å². The number of rotatable bonds is 3. The molecule has 13 heavy (non-hydrogen) atoms. The molecule has 0 aliphatic rings. The van der Waals surface area contributed by atoms with E-state index in [1.807, 2.05) is 12.1 Å². The highest BCUT2D eigenvalue weighted by Crippen LogP contribution is 2.27. The first kappa shape index (κ1) is 10.1. The van der Waals surface area contributed by atoms with Gasteiger partial charge in [0, 0.05) is 5.69 Å². The zero-order valence-electron chi connectivity index (χ0n) is 8.75. The normalized spacial score (nSPS) is 13.2. The van der Waals surface area contributed by atoms with Crippen LogP contribution in [0.2, 0.25) is 0 Å². The Morgan fingerprint density at radius 1 is 1.15 bits per heavy atom. The summed E-state index contributed by atoms with van der Waals surface area (Å²) >= 11 is 0. The van der Waals surface area contributed by atoms with Gasteiger partial charge in [-0.3, -0.25) is 0 Å². The van der Waals surface area contributed by atoms with Gasteiger partial charge in [0.25, 0.3) is 0 Å². The van der Waals surface area contributed by atoms with Crippen molar-refractivity contribution < 1.29 is 0 Å². The molecule has 0 unspecified atom stereocenters. The molecule has 1 aromatic rings. The van der Waals surface area contributed by atoms with Crippen molar-refractivity contribution in [1.29, 1.82) is 0 Å². The summed E-state index contributed by atoms with van der Waals surface area (Å²) in [5.74, 6) is 1.37. The fourth-order valence-electron chi connectivity index (χ4n) is 1.84. The monoisotopic (exact) mass is 177 g/mol. The Bertz CT molecular complexity index is 248. The van der Waals surface area contributed by atoms with E-state index in [1.165, 1.54) is 12.0 Å². The molecule has 1 atom stereocenters. The molecule has 0 radical (unpaired) electrons. The average molecular weight is 177 g/mol. The highest BCUT2D eigenvalue weighted by molar-refractivity contribution is 5.40. The summed E-state index contributed by atoms with van der Waals surface area (Å²) in [5, 5.41) is 0. The van der Waals surface area contributed by atoms with Crippen LogP contribution in [0.5, 0.6) is 0 Å². The molecular weight excluding hydrogens is 158 g/mol. The van der Waals surface area contributed by atoms with Crippen molar-refractivity contribution in [2.24, 2.45) is 5.92 Å². The van der Waals surface area contributed by atoms with Gasteiger partial charge in [-0.2, -0.15) is 0 Å². The van der Waals surface area contributed by atoms with Crippen molar-refractivity contribution >= 4 is 5.69 Å². The van der Waals surface area contributed by atoms with Crippen molar-refractivity contribution in [3.8, 4) is 0 Å². The van der Waals surface area contributed by atoms with Crippen molar-refractivity contribution in [2.75, 3.05) is 5.73 Å². The Labute approximate surface area is 81.0 Å². The first-order valence-corrected chi connectivity index (χ1v) is 5.00. The molecule has 1 aromatic carbocycles. The first-order valence-electron chi connectivity index (χ1n) is 5.00. The summed E-state index contributed by atoms with van der Waals surface area (Å²) in [7, 11) is 0. The van der Waals surface area contributed by atoms with Crippen LogP contribution in [-0.4, -0.2) is 0 Å². The maximum absolute atomic E-state index is 5.64. The lowest BCUT2D eigenvalue weighted by molar-refractivity contribution is 0.485. The van der Waals surface area contributed by atoms with Gasteiger partial charge in [-0.05, 0) is 36.0 Å². The molecule has 0 fully saturated rings. The van der Waals surface area contributed by atoms with Gasteiger partial charge in [0.1, 0.15) is 0 Å². The van der Waals surface area contributed by atoms with Gasteiger partial charge < -0.3 is 5.73 Å². The molecular formula is C12H19N. The van der Waals surface area contributed by atoms with Gasteiger partial charge in [0.15, 0.2) is 0 Å². The van der Waals surface area contributed by atoms with Gasteiger partial charge in [-0.1, -0.05) is 32.9 Å². The van der Waals surface area contributed by atoms with Crippen molar-refractivity contribution in [2.45, 2.75) is 33.1 Å². The lowest BCUT2D eigenvalue weighted by Gasteiger charge is -2.19. The zero-order chi connectivity index (χ0) is 9.84. The molecule has 1 rings (SSSR count). The Kier molecular flexibility index (Phi) is 3.35. The van der Waals surface area contributed by atoms with Gasteiger partial charge in [-0.15, -0.1) is 0 Å². The number of benzene rings is 1. The molecule has 0 saturated heterocycles. The molecule has 2 N–H and O–H groups in total. The smallest absolute Gasteiger partial charge is 0.0314 e. The topological polar surface area (TPSA) is 26.0 Å². The molecule has 0 aromatic heterocycles. The Hall–Kier alpha value is -0.980. The largest absolute Gasteiger partial charge is 0.399 e. The minimum Gasteiger partial charge on any atom is -0.399 e. The fraction of sp³-hybridized carbons (Fsp3) is 0.500. The zero-order valence-corrected chi connectivity index (χ0v) is 8.75. The second-order valence-electron chi connectivity index (χ2n) is 3.93. The van der Waals surface area contributed by atoms with Crippen LogP contribution >= 0.6 is 0 Å². The van der Waals surface area contributed by atoms with Crippen molar-refractivity contribution in [1.82, 2.24) is 0 Å². The second-order valence-corrected chi connectivity index (χ2v) is 3.93. The minimum atomic E-state index is 0.667. The lowest BCUT2D eigenvalue weighted by atomic mass is 9.86. The number of nitrogen functional groups attached to an aromatic ring is 1. The van der Waals surface area contributed by atoms with E-state index in [1.54, 1.807) is 0 Å². The van der Waals surface area contributed by atoms with Crippen LogP contribution < -0.4 is 5.73 Å². The second kappa shape index (κ2) is 4.31. The van der Waals surface area contributed by atoms with Crippen LogP contribution in [0.15, 0.2) is 24.3 Å². The number of nitrogens with two attached hydrogens (primary N) is 1. The summed E-state index contributed by atoms with van der Waals surface area (Å²) in [5.41, 5.74) is 7.90. The summed E-state index contributed by atoms with van der Waals surface area (Å²) in [6.45, 7) is 6.77. The SMILES string of the molecule is CC[C@@H](c1ccc(N)cc1)C(C)C. The Morgan fingerprint density at radius 3 is 2.08 bits per heavy atom. The van der Waals surface area contributed by atoms with Gasteiger partial charge in [-0.25, -0.2) is 0 Å². The number of hydrogen-bond donors (Lipinski definition) is 1. The fourth-order valence-corrected chi connectivity index (χ4v) is 1.84. The third-order valence-electron chi connectivity index (χ3n) is 2.61. The van der Waals surface area contributed by atoms with Gasteiger partial charge in [0.05, 0.1) is 0 Å². The molecule has 0 heterocycles. The van der Waals surface area contributed by atoms with E-state index >= 15 is 0 Å². The van der Waals surface area contributed by atoms with E-state index in [9.17, 15) is 0 Å². The van der Waals surface area contributed by atoms with Crippen molar-refractivity contribution in [3.05, 3.63) is 29.8 Å². The molecule has 0 bridgehead atoms. The van der Waals surface area contributed by atoms with Crippen LogP contribution in [0.25, 0.3) is 0 Å². The number of hydrogen-bond acceptors (Lipinski definition) is 1. The van der Waals surface area contributed by atoms with E-state index in [2.05, 4.69) is 32.9 Å². The third-order valence-corrected chi connectivity index (χ3v) is 2.61. The maximum Gasteiger partial charge on any atom is 0.0314 e. The molecule has 1 heteroatoms. The number of anilines is 1. The molecule has 0 aliphatic heterocycles. The van der Waals surface area contributed by atoms with E-state index < -0.39 is 0 Å². The van der Waals surface area contributed by atoms with Crippen molar-refractivity contribution in [3.63, 3.8) is 0 Å².